The van der Waals surface area contributed by atoms with Crippen LogP contribution in [0.1, 0.15) is 24.8 Å². The molecule has 1 aliphatic rings. The van der Waals surface area contributed by atoms with Gasteiger partial charge in [0.2, 0.25) is 0 Å². The maximum absolute atomic E-state index is 6.50. The van der Waals surface area contributed by atoms with E-state index in [0.717, 1.165) is 50.8 Å². The van der Waals surface area contributed by atoms with Gasteiger partial charge in [-0.05, 0) is 42.5 Å². The van der Waals surface area contributed by atoms with Crippen LogP contribution in [0.25, 0.3) is 33.4 Å². The predicted molar refractivity (Wildman–Crippen MR) is 125 cm³/mol. The number of nitrogens with two attached hydrogens (primary N) is 1. The summed E-state index contributed by atoms with van der Waals surface area (Å²) < 4.78 is 7.17. The molecule has 1 fully saturated rings. The number of benzene rings is 3. The van der Waals surface area contributed by atoms with Crippen LogP contribution in [-0.2, 0) is 5.54 Å². The molecule has 0 amide bonds. The molecular formula is C25H22ClNOS. The minimum Gasteiger partial charge on any atom is -0.455 e. The molecule has 0 aliphatic heterocycles. The molecule has 2 N–H and O–H groups in total. The van der Waals surface area contributed by atoms with Gasteiger partial charge < -0.3 is 10.2 Å². The summed E-state index contributed by atoms with van der Waals surface area (Å²) in [5.41, 5.74) is 11.4. The second kappa shape index (κ2) is 7.75. The molecule has 0 unspecified atom stereocenters. The zero-order valence-electron chi connectivity index (χ0n) is 15.9. The monoisotopic (exact) mass is 419 g/mol. The number of halogens is 1. The molecule has 4 heteroatoms. The zero-order valence-corrected chi connectivity index (χ0v) is 17.6. The third-order valence-corrected chi connectivity index (χ3v) is 6.25. The van der Waals surface area contributed by atoms with Gasteiger partial charge in [0.05, 0.1) is 4.51 Å². The highest BCUT2D eigenvalue weighted by atomic mass is 35.5. The Morgan fingerprint density at radius 2 is 1.45 bits per heavy atom. The summed E-state index contributed by atoms with van der Waals surface area (Å²) in [5, 5.41) is 0.963. The van der Waals surface area contributed by atoms with E-state index in [1.54, 1.807) is 0 Å². The van der Waals surface area contributed by atoms with Gasteiger partial charge in [-0.1, -0.05) is 78.9 Å². The maximum Gasteiger partial charge on any atom is 0.143 e. The van der Waals surface area contributed by atoms with Crippen molar-refractivity contribution in [1.82, 2.24) is 0 Å². The van der Waals surface area contributed by atoms with Gasteiger partial charge in [0.15, 0.2) is 0 Å². The van der Waals surface area contributed by atoms with Crippen molar-refractivity contribution in [3.63, 3.8) is 0 Å². The Morgan fingerprint density at radius 3 is 2.10 bits per heavy atom. The van der Waals surface area contributed by atoms with E-state index in [2.05, 4.69) is 36.4 Å². The Labute approximate surface area is 181 Å². The van der Waals surface area contributed by atoms with E-state index in [9.17, 15) is 0 Å². The Bertz CT molecular complexity index is 1210. The van der Waals surface area contributed by atoms with Crippen LogP contribution in [-0.4, -0.2) is 0 Å². The molecule has 0 bridgehead atoms. The molecule has 29 heavy (non-hydrogen) atoms. The van der Waals surface area contributed by atoms with E-state index in [-0.39, 0.29) is 17.9 Å². The van der Waals surface area contributed by atoms with Crippen LogP contribution in [0.15, 0.2) is 83.3 Å². The third kappa shape index (κ3) is 3.40. The van der Waals surface area contributed by atoms with Crippen LogP contribution in [0.3, 0.4) is 0 Å². The average molecular weight is 420 g/mol. The Morgan fingerprint density at radius 1 is 0.793 bits per heavy atom. The smallest absolute Gasteiger partial charge is 0.143 e. The molecular weight excluding hydrogens is 398 g/mol. The molecule has 1 saturated carbocycles. The molecule has 146 valence electrons. The number of hydrogen-bond donors (Lipinski definition) is 1. The normalized spacial score (nSPS) is 14.8. The van der Waals surface area contributed by atoms with Crippen LogP contribution < -0.4 is 5.73 Å². The Balaban J connectivity index is 0.00000205. The van der Waals surface area contributed by atoms with Gasteiger partial charge in [0.1, 0.15) is 11.3 Å². The molecule has 2 nitrogen and oxygen atoms in total. The van der Waals surface area contributed by atoms with Crippen LogP contribution in [0.5, 0.6) is 0 Å². The number of fused-ring (bicyclic) bond motifs is 1. The standard InChI is InChI=1S/C25H21NOS.ClH/c26-25(15-6-16-25)19-13-11-17(12-14-19)22-23(18-7-2-1-3-8-18)27-21-10-5-4-9-20(21)24(22)28;/h1-5,7-14H,6,15-16,26H2;1H. The lowest BCUT2D eigenvalue weighted by molar-refractivity contribution is 0.253. The second-order valence-electron chi connectivity index (χ2n) is 7.58. The molecule has 5 rings (SSSR count). The van der Waals surface area contributed by atoms with Gasteiger partial charge in [0, 0.05) is 22.1 Å². The molecule has 1 aliphatic carbocycles. The van der Waals surface area contributed by atoms with E-state index < -0.39 is 0 Å². The fourth-order valence-corrected chi connectivity index (χ4v) is 4.39. The third-order valence-electron chi connectivity index (χ3n) is 5.83. The van der Waals surface area contributed by atoms with Gasteiger partial charge in [-0.2, -0.15) is 0 Å². The fourth-order valence-electron chi connectivity index (χ4n) is 4.01. The van der Waals surface area contributed by atoms with Crippen LogP contribution in [0.4, 0.5) is 0 Å². The summed E-state index contributed by atoms with van der Waals surface area (Å²) in [7, 11) is 0. The lowest BCUT2D eigenvalue weighted by Crippen LogP contribution is -2.43. The topological polar surface area (TPSA) is 39.2 Å². The van der Waals surface area contributed by atoms with Crippen LogP contribution in [0, 0.1) is 4.51 Å². The van der Waals surface area contributed by atoms with Crippen molar-refractivity contribution in [2.75, 3.05) is 0 Å². The highest BCUT2D eigenvalue weighted by molar-refractivity contribution is 7.71. The van der Waals surface area contributed by atoms with Crippen molar-refractivity contribution < 1.29 is 4.42 Å². The first kappa shape index (κ1) is 19.8. The van der Waals surface area contributed by atoms with Crippen LogP contribution >= 0.6 is 24.6 Å². The molecule has 4 aromatic rings. The first-order chi connectivity index (χ1) is 13.7. The summed E-state index contributed by atoms with van der Waals surface area (Å²) in [6.45, 7) is 0. The zero-order chi connectivity index (χ0) is 19.1. The van der Waals surface area contributed by atoms with Gasteiger partial charge in [-0.25, -0.2) is 0 Å². The van der Waals surface area contributed by atoms with E-state index in [0.29, 0.717) is 0 Å². The molecule has 0 spiro atoms. The van der Waals surface area contributed by atoms with Crippen molar-refractivity contribution >= 4 is 35.6 Å². The summed E-state index contributed by atoms with van der Waals surface area (Å²) in [4.78, 5) is 0. The Hall–Kier alpha value is -2.46. The van der Waals surface area contributed by atoms with E-state index in [4.69, 9.17) is 22.4 Å². The minimum atomic E-state index is -0.161. The van der Waals surface area contributed by atoms with Crippen molar-refractivity contribution in [2.24, 2.45) is 5.73 Å². The summed E-state index contributed by atoms with van der Waals surface area (Å²) in [6, 6.07) is 26.7. The van der Waals surface area contributed by atoms with Gasteiger partial charge in [-0.3, -0.25) is 0 Å². The van der Waals surface area contributed by atoms with Crippen LogP contribution in [0.2, 0.25) is 0 Å². The molecule has 0 atom stereocenters. The lowest BCUT2D eigenvalue weighted by Gasteiger charge is -2.38. The minimum absolute atomic E-state index is 0. The lowest BCUT2D eigenvalue weighted by atomic mass is 9.72. The highest BCUT2D eigenvalue weighted by Crippen LogP contribution is 2.41. The van der Waals surface area contributed by atoms with E-state index in [1.165, 1.54) is 12.0 Å². The summed E-state index contributed by atoms with van der Waals surface area (Å²) in [6.07, 6.45) is 3.31. The van der Waals surface area contributed by atoms with Crippen molar-refractivity contribution in [3.8, 4) is 22.5 Å². The predicted octanol–water partition coefficient (Wildman–Crippen LogP) is 7.26. The van der Waals surface area contributed by atoms with Gasteiger partial charge in [0.25, 0.3) is 0 Å². The summed E-state index contributed by atoms with van der Waals surface area (Å²) in [5.74, 6) is 0.808. The molecule has 3 aromatic carbocycles. The maximum atomic E-state index is 6.50. The number of rotatable bonds is 3. The van der Waals surface area contributed by atoms with Crippen molar-refractivity contribution in [2.45, 2.75) is 24.8 Å². The first-order valence-corrected chi connectivity index (χ1v) is 10.1. The van der Waals surface area contributed by atoms with Crippen molar-refractivity contribution in [3.05, 3.63) is 88.9 Å². The average Bonchev–Trinajstić information content (AvgIpc) is 2.73. The second-order valence-corrected chi connectivity index (χ2v) is 7.99. The number of para-hydroxylation sites is 1. The van der Waals surface area contributed by atoms with Gasteiger partial charge in [-0.15, -0.1) is 12.4 Å². The highest BCUT2D eigenvalue weighted by Gasteiger charge is 2.34. The molecule has 0 saturated heterocycles. The molecule has 1 aromatic heterocycles. The quantitative estimate of drug-likeness (QED) is 0.355. The van der Waals surface area contributed by atoms with E-state index >= 15 is 0 Å². The van der Waals surface area contributed by atoms with Gasteiger partial charge >= 0.3 is 0 Å². The first-order valence-electron chi connectivity index (χ1n) is 9.67. The fraction of sp³-hybridized carbons (Fsp3) is 0.160. The number of hydrogen-bond acceptors (Lipinski definition) is 3. The van der Waals surface area contributed by atoms with Crippen molar-refractivity contribution in [1.29, 1.82) is 0 Å². The Kier molecular flexibility index (Phi) is 5.30. The molecule has 1 heterocycles. The molecule has 0 radical (unpaired) electrons. The van der Waals surface area contributed by atoms with E-state index in [1.807, 2.05) is 42.5 Å². The largest absolute Gasteiger partial charge is 0.455 e. The SMILES string of the molecule is Cl.NC1(c2ccc(-c3c(-c4ccccc4)oc4ccccc4c3=S)cc2)CCC1. The summed E-state index contributed by atoms with van der Waals surface area (Å²) >= 11 is 5.92.